The maximum atomic E-state index is 13.0. The number of carbonyl (C=O) groups excluding carboxylic acids is 2. The smallest absolute Gasteiger partial charge is 0.309 e. The minimum Gasteiger partial charge on any atom is -0.501 e. The van der Waals surface area contributed by atoms with E-state index >= 15 is 0 Å². The van der Waals surface area contributed by atoms with Gasteiger partial charge in [-0.25, -0.2) is 9.37 Å². The quantitative estimate of drug-likeness (QED) is 0.429. The second-order valence-electron chi connectivity index (χ2n) is 7.51. The third-order valence-electron chi connectivity index (χ3n) is 4.55. The summed E-state index contributed by atoms with van der Waals surface area (Å²) in [6.45, 7) is 4.64. The van der Waals surface area contributed by atoms with Gasteiger partial charge in [-0.2, -0.15) is 0 Å². The first kappa shape index (κ1) is 26.8. The Morgan fingerprint density at radius 1 is 1.18 bits per heavy atom. The van der Waals surface area contributed by atoms with Crippen LogP contribution in [0.3, 0.4) is 0 Å². The predicted molar refractivity (Wildman–Crippen MR) is 114 cm³/mol. The summed E-state index contributed by atoms with van der Waals surface area (Å²) in [6.07, 6.45) is 0. The van der Waals surface area contributed by atoms with E-state index in [2.05, 4.69) is 25.8 Å². The van der Waals surface area contributed by atoms with Gasteiger partial charge in [-0.1, -0.05) is 12.1 Å². The van der Waals surface area contributed by atoms with Crippen LogP contribution >= 0.6 is 0 Å². The van der Waals surface area contributed by atoms with Crippen LogP contribution in [0.4, 0.5) is 4.39 Å². The molecule has 3 rings (SSSR count). The van der Waals surface area contributed by atoms with Crippen LogP contribution in [0.5, 0.6) is 5.75 Å². The number of hydrogen-bond donors (Lipinski definition) is 3. The topological polar surface area (TPSA) is 152 Å². The van der Waals surface area contributed by atoms with Crippen LogP contribution in [0.2, 0.25) is 0 Å². The van der Waals surface area contributed by atoms with E-state index < -0.39 is 40.2 Å². The number of hydrogen-bond acceptors (Lipinski definition) is 8. The van der Waals surface area contributed by atoms with Crippen molar-refractivity contribution in [1.82, 2.24) is 30.4 Å². The summed E-state index contributed by atoms with van der Waals surface area (Å²) < 4.78 is 19.1. The summed E-state index contributed by atoms with van der Waals surface area (Å²) >= 11 is 0. The van der Waals surface area contributed by atoms with Crippen LogP contribution < -0.4 is 16.2 Å². The average Bonchev–Trinajstić information content (AvgIpc) is 3.17. The Kier molecular flexibility index (Phi) is 8.65. The van der Waals surface area contributed by atoms with Crippen molar-refractivity contribution in [3.63, 3.8) is 0 Å². The number of aryl methyl sites for hydroxylation is 1. The molecule has 169 valence electrons. The standard InChI is InChI=1S/C20H21FN6O5.K/c1-10-25-26-17(32-10)16(30)24-20(2,3)19-23-13(14(28)18(31)27(19)4)15(29)22-9-11-5-7-12(21)8-6-11;/h5-8,28H,9H2,1-4H3,(H,22,29)(H,24,30);. The van der Waals surface area contributed by atoms with Crippen molar-refractivity contribution >= 4 is 63.2 Å². The molecule has 0 fully saturated rings. The molecule has 0 aliphatic rings. The summed E-state index contributed by atoms with van der Waals surface area (Å²) in [7, 11) is 1.34. The molecule has 2 amide bonds. The first-order valence-corrected chi connectivity index (χ1v) is 9.45. The van der Waals surface area contributed by atoms with Gasteiger partial charge in [0.05, 0.1) is 5.54 Å². The van der Waals surface area contributed by atoms with Gasteiger partial charge in [0.15, 0.2) is 5.69 Å². The van der Waals surface area contributed by atoms with Crippen molar-refractivity contribution in [3.8, 4) is 5.75 Å². The zero-order chi connectivity index (χ0) is 23.6. The van der Waals surface area contributed by atoms with Crippen LogP contribution in [0.25, 0.3) is 0 Å². The molecule has 3 N–H and O–H groups in total. The van der Waals surface area contributed by atoms with E-state index in [1.54, 1.807) is 13.8 Å². The molecule has 0 bridgehead atoms. The van der Waals surface area contributed by atoms with E-state index in [0.29, 0.717) is 5.56 Å². The molecule has 1 radical (unpaired) electrons. The summed E-state index contributed by atoms with van der Waals surface area (Å²) in [6, 6.07) is 5.44. The monoisotopic (exact) mass is 483 g/mol. The second-order valence-corrected chi connectivity index (χ2v) is 7.51. The van der Waals surface area contributed by atoms with E-state index in [0.717, 1.165) is 4.57 Å². The van der Waals surface area contributed by atoms with Crippen LogP contribution in [0.1, 0.15) is 52.3 Å². The van der Waals surface area contributed by atoms with Gasteiger partial charge in [-0.3, -0.25) is 19.0 Å². The van der Waals surface area contributed by atoms with Crippen LogP contribution in [-0.2, 0) is 19.1 Å². The molecule has 33 heavy (non-hydrogen) atoms. The molecule has 11 nitrogen and oxygen atoms in total. The fraction of sp³-hybridized carbons (Fsp3) is 0.300. The molecule has 0 atom stereocenters. The van der Waals surface area contributed by atoms with Crippen molar-refractivity contribution in [1.29, 1.82) is 0 Å². The van der Waals surface area contributed by atoms with Crippen molar-refractivity contribution < 1.29 is 23.5 Å². The molecule has 3 aromatic rings. The fourth-order valence-corrected chi connectivity index (χ4v) is 2.96. The molecular formula is C20H21FKN6O5. The van der Waals surface area contributed by atoms with Gasteiger partial charge >= 0.3 is 11.8 Å². The molecular weight excluding hydrogens is 462 g/mol. The molecule has 1 aromatic carbocycles. The number of aromatic nitrogens is 4. The number of amides is 2. The Balaban J connectivity index is 0.00000385. The predicted octanol–water partition coefficient (Wildman–Crippen LogP) is 0.531. The average molecular weight is 484 g/mol. The first-order chi connectivity index (χ1) is 15.0. The molecule has 0 spiro atoms. The van der Waals surface area contributed by atoms with Gasteiger partial charge in [0.2, 0.25) is 11.6 Å². The number of nitrogens with zero attached hydrogens (tertiary/aromatic N) is 4. The van der Waals surface area contributed by atoms with Crippen molar-refractivity contribution in [2.24, 2.45) is 7.05 Å². The Labute approximate surface area is 230 Å². The third kappa shape index (κ3) is 6.12. The van der Waals surface area contributed by atoms with E-state index in [1.807, 2.05) is 0 Å². The van der Waals surface area contributed by atoms with E-state index in [1.165, 1.54) is 38.2 Å². The van der Waals surface area contributed by atoms with Crippen LogP contribution in [0.15, 0.2) is 33.5 Å². The van der Waals surface area contributed by atoms with Gasteiger partial charge < -0.3 is 20.2 Å². The maximum absolute atomic E-state index is 13.0. The molecule has 2 aromatic heterocycles. The number of halogens is 1. The zero-order valence-corrected chi connectivity index (χ0v) is 21.9. The van der Waals surface area contributed by atoms with Gasteiger partial charge in [0.1, 0.15) is 11.6 Å². The number of aromatic hydroxyl groups is 1. The summed E-state index contributed by atoms with van der Waals surface area (Å²) in [4.78, 5) is 41.7. The number of carbonyl (C=O) groups is 2. The molecule has 0 aliphatic carbocycles. The normalized spacial score (nSPS) is 10.9. The van der Waals surface area contributed by atoms with Crippen molar-refractivity contribution in [2.75, 3.05) is 0 Å². The Morgan fingerprint density at radius 3 is 2.39 bits per heavy atom. The molecule has 0 unspecified atom stereocenters. The van der Waals surface area contributed by atoms with E-state index in [9.17, 15) is 23.9 Å². The van der Waals surface area contributed by atoms with Crippen molar-refractivity contribution in [2.45, 2.75) is 32.9 Å². The molecule has 0 aliphatic heterocycles. The van der Waals surface area contributed by atoms with Crippen LogP contribution in [0, 0.1) is 12.7 Å². The van der Waals surface area contributed by atoms with Crippen LogP contribution in [-0.4, -0.2) is 88.1 Å². The van der Waals surface area contributed by atoms with Gasteiger partial charge in [-0.05, 0) is 31.5 Å². The van der Waals surface area contributed by atoms with Gasteiger partial charge in [-0.15, -0.1) is 10.2 Å². The Bertz CT molecular complexity index is 1240. The number of rotatable bonds is 6. The molecule has 13 heteroatoms. The summed E-state index contributed by atoms with van der Waals surface area (Å²) in [5, 5.41) is 22.6. The summed E-state index contributed by atoms with van der Waals surface area (Å²) in [5.74, 6) is -2.88. The fourth-order valence-electron chi connectivity index (χ4n) is 2.96. The number of nitrogens with one attached hydrogen (secondary N) is 2. The minimum atomic E-state index is -1.27. The first-order valence-electron chi connectivity index (χ1n) is 9.45. The Hall–Kier alpha value is -2.45. The van der Waals surface area contributed by atoms with E-state index in [4.69, 9.17) is 4.42 Å². The number of benzene rings is 1. The molecule has 0 saturated carbocycles. The van der Waals surface area contributed by atoms with Gasteiger partial charge in [0, 0.05) is 71.9 Å². The second kappa shape index (κ2) is 10.7. The van der Waals surface area contributed by atoms with Crippen molar-refractivity contribution in [3.05, 3.63) is 69.3 Å². The SMILES string of the molecule is Cc1nnc(C(=O)NC(C)(C)c2nc(C(=O)NCc3ccc(F)cc3)c(O)c(=O)n2C)o1.[K]. The zero-order valence-electron chi connectivity index (χ0n) is 18.8. The van der Waals surface area contributed by atoms with E-state index in [-0.39, 0.29) is 75.5 Å². The minimum absolute atomic E-state index is 0. The largest absolute Gasteiger partial charge is 0.501 e. The molecule has 2 heterocycles. The Morgan fingerprint density at radius 2 is 1.82 bits per heavy atom. The third-order valence-corrected chi connectivity index (χ3v) is 4.55. The maximum Gasteiger partial charge on any atom is 0.309 e. The molecule has 0 saturated heterocycles. The summed E-state index contributed by atoms with van der Waals surface area (Å²) in [5.41, 5.74) is -2.06. The van der Waals surface area contributed by atoms with Gasteiger partial charge in [0.25, 0.3) is 11.5 Å².